The first-order valence-corrected chi connectivity index (χ1v) is 9.64. The molecule has 0 N–H and O–H groups in total. The fraction of sp³-hybridized carbons (Fsp3) is 0.364. The van der Waals surface area contributed by atoms with Crippen LogP contribution in [0, 0.1) is 28.9 Å². The summed E-state index contributed by atoms with van der Waals surface area (Å²) in [6.07, 6.45) is 4.82. The predicted octanol–water partition coefficient (Wildman–Crippen LogP) is 5.00. The molecule has 29 heavy (non-hydrogen) atoms. The lowest BCUT2D eigenvalue weighted by Gasteiger charge is -2.33. The first-order chi connectivity index (χ1) is 14.0. The lowest BCUT2D eigenvalue weighted by Crippen LogP contribution is -2.33. The van der Waals surface area contributed by atoms with Gasteiger partial charge in [0.1, 0.15) is 23.3 Å². The van der Waals surface area contributed by atoms with E-state index in [0.717, 1.165) is 36.8 Å². The predicted molar refractivity (Wildman–Crippen MR) is 103 cm³/mol. The van der Waals surface area contributed by atoms with Crippen LogP contribution in [0.25, 0.3) is 0 Å². The Kier molecular flexibility index (Phi) is 6.65. The molecule has 1 saturated heterocycles. The average Bonchev–Trinajstić information content (AvgIpc) is 2.73. The Bertz CT molecular complexity index is 878. The summed E-state index contributed by atoms with van der Waals surface area (Å²) in [6.45, 7) is 4.20. The van der Waals surface area contributed by atoms with E-state index in [2.05, 4.69) is 16.7 Å². The smallest absolute Gasteiger partial charge is 0.372 e. The van der Waals surface area contributed by atoms with Gasteiger partial charge in [-0.1, -0.05) is 19.8 Å². The van der Waals surface area contributed by atoms with Gasteiger partial charge in [-0.05, 0) is 43.0 Å². The summed E-state index contributed by atoms with van der Waals surface area (Å²) in [5.41, 5.74) is 0.566. The van der Waals surface area contributed by atoms with Gasteiger partial charge in [-0.15, -0.1) is 0 Å². The first kappa shape index (κ1) is 20.6. The Labute approximate surface area is 168 Å². The monoisotopic (exact) mass is 400 g/mol. The van der Waals surface area contributed by atoms with E-state index in [1.54, 1.807) is 12.1 Å². The Morgan fingerprint density at radius 1 is 1.17 bits per heavy atom. The molecule has 0 aliphatic carbocycles. The summed E-state index contributed by atoms with van der Waals surface area (Å²) in [7, 11) is 0. The molecule has 2 aromatic carbocycles. The highest BCUT2D eigenvalue weighted by molar-refractivity contribution is 5.89. The van der Waals surface area contributed by atoms with Crippen LogP contribution in [-0.2, 0) is 4.89 Å². The molecule has 0 amide bonds. The van der Waals surface area contributed by atoms with E-state index >= 15 is 0 Å². The lowest BCUT2D eigenvalue weighted by molar-refractivity contribution is -0.149. The van der Waals surface area contributed by atoms with Gasteiger partial charge < -0.3 is 4.90 Å². The summed E-state index contributed by atoms with van der Waals surface area (Å²) < 4.78 is 27.1. The number of carbonyl (C=O) groups excluding carboxylic acids is 1. The normalized spacial score (nSPS) is 14.3. The molecule has 0 saturated carbocycles. The third-order valence-corrected chi connectivity index (χ3v) is 5.12. The second kappa shape index (κ2) is 9.37. The number of halogens is 2. The van der Waals surface area contributed by atoms with Crippen LogP contribution < -0.4 is 9.79 Å². The Hall–Kier alpha value is -3.14. The Morgan fingerprint density at radius 2 is 1.79 bits per heavy atom. The van der Waals surface area contributed by atoms with E-state index < -0.39 is 23.2 Å². The fourth-order valence-electron chi connectivity index (χ4n) is 3.54. The summed E-state index contributed by atoms with van der Waals surface area (Å²) >= 11 is 0. The summed E-state index contributed by atoms with van der Waals surface area (Å²) in [5, 5.41) is 8.65. The van der Waals surface area contributed by atoms with Crippen LogP contribution in [0.15, 0.2) is 36.4 Å². The van der Waals surface area contributed by atoms with Crippen LogP contribution in [0.1, 0.15) is 48.5 Å². The number of hydrogen-bond donors (Lipinski definition) is 0. The zero-order valence-electron chi connectivity index (χ0n) is 16.2. The second-order valence-corrected chi connectivity index (χ2v) is 7.09. The standard InChI is InChI=1S/C22H22F2N2O3/c1-2-3-15-8-10-26(11-9-15)17-6-4-16(5-7-17)22(27)29-28-18-12-20(23)19(14-25)21(24)13-18/h4-7,12-13,15H,2-3,8-11H2,1H3. The third-order valence-electron chi connectivity index (χ3n) is 5.12. The first-order valence-electron chi connectivity index (χ1n) is 9.64. The zero-order chi connectivity index (χ0) is 20.8. The maximum absolute atomic E-state index is 13.6. The number of piperidine rings is 1. The van der Waals surface area contributed by atoms with Crippen molar-refractivity contribution in [1.82, 2.24) is 0 Å². The molecule has 1 aliphatic heterocycles. The molecule has 7 heteroatoms. The Morgan fingerprint density at radius 3 is 2.34 bits per heavy atom. The molecule has 0 atom stereocenters. The topological polar surface area (TPSA) is 62.6 Å². The number of carbonyl (C=O) groups is 1. The molecule has 1 heterocycles. The number of anilines is 1. The van der Waals surface area contributed by atoms with Crippen LogP contribution in [0.3, 0.4) is 0 Å². The molecule has 1 aliphatic rings. The maximum Gasteiger partial charge on any atom is 0.386 e. The molecule has 0 unspecified atom stereocenters. The van der Waals surface area contributed by atoms with Gasteiger partial charge in [0.25, 0.3) is 0 Å². The molecule has 0 radical (unpaired) electrons. The average molecular weight is 400 g/mol. The number of nitrogens with zero attached hydrogens (tertiary/aromatic N) is 2. The van der Waals surface area contributed by atoms with E-state index in [1.165, 1.54) is 31.8 Å². The largest absolute Gasteiger partial charge is 0.386 e. The van der Waals surface area contributed by atoms with Crippen molar-refractivity contribution in [1.29, 1.82) is 5.26 Å². The van der Waals surface area contributed by atoms with E-state index in [4.69, 9.17) is 10.1 Å². The van der Waals surface area contributed by atoms with E-state index in [1.807, 2.05) is 12.1 Å². The van der Waals surface area contributed by atoms with Gasteiger partial charge in [-0.25, -0.2) is 18.5 Å². The van der Waals surface area contributed by atoms with Gasteiger partial charge in [0.15, 0.2) is 5.75 Å². The minimum absolute atomic E-state index is 0.254. The maximum atomic E-state index is 13.6. The molecule has 152 valence electrons. The van der Waals surface area contributed by atoms with Crippen molar-refractivity contribution in [2.75, 3.05) is 18.0 Å². The molecule has 0 bridgehead atoms. The zero-order valence-corrected chi connectivity index (χ0v) is 16.2. The highest BCUT2D eigenvalue weighted by Gasteiger charge is 2.19. The summed E-state index contributed by atoms with van der Waals surface area (Å²) in [4.78, 5) is 23.8. The van der Waals surface area contributed by atoms with Crippen molar-refractivity contribution < 1.29 is 23.4 Å². The number of rotatable bonds is 6. The molecular formula is C22H22F2N2O3. The molecule has 2 aromatic rings. The van der Waals surface area contributed by atoms with E-state index in [-0.39, 0.29) is 11.3 Å². The van der Waals surface area contributed by atoms with Crippen molar-refractivity contribution in [2.24, 2.45) is 5.92 Å². The molecule has 3 rings (SSSR count). The summed E-state index contributed by atoms with van der Waals surface area (Å²) in [5.74, 6) is -2.53. The van der Waals surface area contributed by atoms with Crippen LogP contribution in [0.5, 0.6) is 5.75 Å². The second-order valence-electron chi connectivity index (χ2n) is 7.09. The molecule has 5 nitrogen and oxygen atoms in total. The quantitative estimate of drug-likeness (QED) is 0.504. The van der Waals surface area contributed by atoms with Crippen LogP contribution in [0.2, 0.25) is 0 Å². The number of nitriles is 1. The third kappa shape index (κ3) is 5.02. The van der Waals surface area contributed by atoms with Crippen molar-refractivity contribution in [2.45, 2.75) is 32.6 Å². The molecule has 1 fully saturated rings. The highest BCUT2D eigenvalue weighted by atomic mass is 19.1. The molecule has 0 spiro atoms. The van der Waals surface area contributed by atoms with Gasteiger partial charge in [0, 0.05) is 30.9 Å². The van der Waals surface area contributed by atoms with Gasteiger partial charge in [-0.3, -0.25) is 4.89 Å². The van der Waals surface area contributed by atoms with Crippen molar-refractivity contribution >= 4 is 11.7 Å². The highest BCUT2D eigenvalue weighted by Crippen LogP contribution is 2.26. The van der Waals surface area contributed by atoms with Crippen molar-refractivity contribution in [3.05, 3.63) is 59.2 Å². The fourth-order valence-corrected chi connectivity index (χ4v) is 3.54. The van der Waals surface area contributed by atoms with E-state index in [9.17, 15) is 13.6 Å². The molecular weight excluding hydrogens is 378 g/mol. The van der Waals surface area contributed by atoms with E-state index in [0.29, 0.717) is 0 Å². The van der Waals surface area contributed by atoms with Gasteiger partial charge in [-0.2, -0.15) is 5.26 Å². The SMILES string of the molecule is CCCC1CCN(c2ccc(C(=O)OOc3cc(F)c(C#N)c(F)c3)cc2)CC1. The van der Waals surface area contributed by atoms with Crippen LogP contribution in [0.4, 0.5) is 14.5 Å². The van der Waals surface area contributed by atoms with Crippen LogP contribution >= 0.6 is 0 Å². The number of hydrogen-bond acceptors (Lipinski definition) is 5. The van der Waals surface area contributed by atoms with Gasteiger partial charge in [0.05, 0.1) is 5.56 Å². The molecule has 0 aromatic heterocycles. The Balaban J connectivity index is 1.56. The summed E-state index contributed by atoms with van der Waals surface area (Å²) in [6, 6.07) is 9.90. The van der Waals surface area contributed by atoms with Crippen molar-refractivity contribution in [3.63, 3.8) is 0 Å². The van der Waals surface area contributed by atoms with Crippen LogP contribution in [-0.4, -0.2) is 19.1 Å². The lowest BCUT2D eigenvalue weighted by atomic mass is 9.92. The van der Waals surface area contributed by atoms with Gasteiger partial charge >= 0.3 is 5.97 Å². The number of benzene rings is 2. The minimum atomic E-state index is -1.09. The van der Waals surface area contributed by atoms with Crippen molar-refractivity contribution in [3.8, 4) is 11.8 Å². The minimum Gasteiger partial charge on any atom is -0.372 e. The van der Waals surface area contributed by atoms with Gasteiger partial charge in [0.2, 0.25) is 0 Å².